The Balaban J connectivity index is 2.62. The molecular formula is C10H13N3O3. The Morgan fingerprint density at radius 2 is 1.88 bits per heavy atom. The predicted molar refractivity (Wildman–Crippen MR) is 55.8 cm³/mol. The van der Waals surface area contributed by atoms with Gasteiger partial charge in [0.1, 0.15) is 6.33 Å². The molecule has 6 nitrogen and oxygen atoms in total. The molecule has 2 unspecified atom stereocenters. The molecule has 1 aromatic rings. The average molecular weight is 223 g/mol. The predicted octanol–water partition coefficient (Wildman–Crippen LogP) is 0.316. The molecule has 1 rings (SSSR count). The fourth-order valence-electron chi connectivity index (χ4n) is 1.05. The second-order valence-electron chi connectivity index (χ2n) is 3.52. The minimum Gasteiger partial charge on any atom is -0.481 e. The fourth-order valence-corrected chi connectivity index (χ4v) is 1.05. The van der Waals surface area contributed by atoms with Gasteiger partial charge in [0.2, 0.25) is 0 Å². The van der Waals surface area contributed by atoms with Crippen LogP contribution in [0.3, 0.4) is 0 Å². The number of nitrogens with zero attached hydrogens (tertiary/aromatic N) is 2. The molecule has 6 heteroatoms. The summed E-state index contributed by atoms with van der Waals surface area (Å²) >= 11 is 0. The molecule has 2 atom stereocenters. The van der Waals surface area contributed by atoms with Crippen molar-refractivity contribution in [1.29, 1.82) is 0 Å². The summed E-state index contributed by atoms with van der Waals surface area (Å²) in [5.74, 6) is -1.97. The SMILES string of the molecule is CC(NC(=O)c1cncnc1)C(C)C(=O)O. The molecule has 0 aliphatic carbocycles. The third-order valence-corrected chi connectivity index (χ3v) is 2.32. The van der Waals surface area contributed by atoms with E-state index in [0.717, 1.165) is 0 Å². The molecule has 0 radical (unpaired) electrons. The van der Waals surface area contributed by atoms with Crippen LogP contribution in [0.4, 0.5) is 0 Å². The van der Waals surface area contributed by atoms with Gasteiger partial charge in [-0.1, -0.05) is 0 Å². The number of rotatable bonds is 4. The van der Waals surface area contributed by atoms with Crippen LogP contribution in [0.25, 0.3) is 0 Å². The summed E-state index contributed by atoms with van der Waals surface area (Å²) in [7, 11) is 0. The lowest BCUT2D eigenvalue weighted by molar-refractivity contribution is -0.141. The van der Waals surface area contributed by atoms with Gasteiger partial charge in [0.15, 0.2) is 0 Å². The van der Waals surface area contributed by atoms with Gasteiger partial charge in [0.05, 0.1) is 11.5 Å². The van der Waals surface area contributed by atoms with Crippen LogP contribution < -0.4 is 5.32 Å². The van der Waals surface area contributed by atoms with Crippen LogP contribution in [0.5, 0.6) is 0 Å². The highest BCUT2D eigenvalue weighted by Crippen LogP contribution is 2.03. The van der Waals surface area contributed by atoms with Crippen molar-refractivity contribution in [2.45, 2.75) is 19.9 Å². The number of carbonyl (C=O) groups is 2. The molecule has 0 bridgehead atoms. The third kappa shape index (κ3) is 3.01. The maximum atomic E-state index is 11.6. The van der Waals surface area contributed by atoms with Crippen molar-refractivity contribution in [1.82, 2.24) is 15.3 Å². The van der Waals surface area contributed by atoms with Gasteiger partial charge in [-0.3, -0.25) is 9.59 Å². The number of aromatic nitrogens is 2. The molecule has 0 spiro atoms. The summed E-state index contributed by atoms with van der Waals surface area (Å²) in [4.78, 5) is 29.7. The molecule has 86 valence electrons. The number of carboxylic acid groups (broad SMARTS) is 1. The average Bonchev–Trinajstić information content (AvgIpc) is 2.28. The highest BCUT2D eigenvalue weighted by molar-refractivity contribution is 5.94. The smallest absolute Gasteiger partial charge is 0.308 e. The van der Waals surface area contributed by atoms with Gasteiger partial charge in [-0.2, -0.15) is 0 Å². The van der Waals surface area contributed by atoms with Crippen molar-refractivity contribution in [2.24, 2.45) is 5.92 Å². The van der Waals surface area contributed by atoms with E-state index in [2.05, 4.69) is 15.3 Å². The molecule has 2 N–H and O–H groups in total. The topological polar surface area (TPSA) is 92.2 Å². The second-order valence-corrected chi connectivity index (χ2v) is 3.52. The molecule has 1 amide bonds. The van der Waals surface area contributed by atoms with Crippen LogP contribution in [0, 0.1) is 5.92 Å². The van der Waals surface area contributed by atoms with Crippen LogP contribution in [0.15, 0.2) is 18.7 Å². The van der Waals surface area contributed by atoms with E-state index < -0.39 is 17.9 Å². The summed E-state index contributed by atoms with van der Waals surface area (Å²) in [5, 5.41) is 11.3. The zero-order valence-electron chi connectivity index (χ0n) is 9.04. The highest BCUT2D eigenvalue weighted by Gasteiger charge is 2.21. The monoisotopic (exact) mass is 223 g/mol. The number of hydrogen-bond acceptors (Lipinski definition) is 4. The molecule has 1 heterocycles. The zero-order valence-corrected chi connectivity index (χ0v) is 9.04. The van der Waals surface area contributed by atoms with Gasteiger partial charge in [-0.15, -0.1) is 0 Å². The standard InChI is InChI=1S/C10H13N3O3/c1-6(10(15)16)7(2)13-9(14)8-3-11-5-12-4-8/h3-7H,1-2H3,(H,13,14)(H,15,16). The molecule has 1 aromatic heterocycles. The molecule has 0 aromatic carbocycles. The van der Waals surface area contributed by atoms with E-state index in [1.54, 1.807) is 6.92 Å². The minimum atomic E-state index is -0.947. The summed E-state index contributed by atoms with van der Waals surface area (Å²) in [5.41, 5.74) is 0.312. The first-order valence-electron chi connectivity index (χ1n) is 4.81. The van der Waals surface area contributed by atoms with Crippen molar-refractivity contribution in [2.75, 3.05) is 0 Å². The lowest BCUT2D eigenvalue weighted by Gasteiger charge is -2.17. The number of carbonyl (C=O) groups excluding carboxylic acids is 1. The Morgan fingerprint density at radius 3 is 2.38 bits per heavy atom. The molecule has 0 saturated heterocycles. The summed E-state index contributed by atoms with van der Waals surface area (Å²) in [6.45, 7) is 3.18. The summed E-state index contributed by atoms with van der Waals surface area (Å²) < 4.78 is 0. The largest absolute Gasteiger partial charge is 0.481 e. The van der Waals surface area contributed by atoms with E-state index >= 15 is 0 Å². The number of aliphatic carboxylic acids is 1. The molecule has 16 heavy (non-hydrogen) atoms. The minimum absolute atomic E-state index is 0.312. The van der Waals surface area contributed by atoms with E-state index in [9.17, 15) is 9.59 Å². The van der Waals surface area contributed by atoms with Crippen LogP contribution >= 0.6 is 0 Å². The lowest BCUT2D eigenvalue weighted by Crippen LogP contribution is -2.40. The van der Waals surface area contributed by atoms with E-state index in [4.69, 9.17) is 5.11 Å². The van der Waals surface area contributed by atoms with E-state index in [1.807, 2.05) is 0 Å². The molecule has 0 aliphatic rings. The van der Waals surface area contributed by atoms with Crippen LogP contribution in [-0.2, 0) is 4.79 Å². The van der Waals surface area contributed by atoms with E-state index in [1.165, 1.54) is 25.6 Å². The van der Waals surface area contributed by atoms with Crippen molar-refractivity contribution in [3.8, 4) is 0 Å². The van der Waals surface area contributed by atoms with Crippen LogP contribution in [-0.4, -0.2) is 33.0 Å². The van der Waals surface area contributed by atoms with Gasteiger partial charge < -0.3 is 10.4 Å². The Hall–Kier alpha value is -1.98. The van der Waals surface area contributed by atoms with Gasteiger partial charge in [-0.05, 0) is 13.8 Å². The van der Waals surface area contributed by atoms with Crippen LogP contribution in [0.2, 0.25) is 0 Å². The first kappa shape index (κ1) is 12.1. The Bertz CT molecular complexity index is 380. The van der Waals surface area contributed by atoms with E-state index in [0.29, 0.717) is 5.56 Å². The van der Waals surface area contributed by atoms with Crippen LogP contribution in [0.1, 0.15) is 24.2 Å². The first-order chi connectivity index (χ1) is 7.52. The number of hydrogen-bond donors (Lipinski definition) is 2. The molecule has 0 fully saturated rings. The van der Waals surface area contributed by atoms with Crippen molar-refractivity contribution < 1.29 is 14.7 Å². The first-order valence-corrected chi connectivity index (χ1v) is 4.81. The van der Waals surface area contributed by atoms with Gasteiger partial charge in [0, 0.05) is 18.4 Å². The van der Waals surface area contributed by atoms with Crippen molar-refractivity contribution in [3.05, 3.63) is 24.3 Å². The summed E-state index contributed by atoms with van der Waals surface area (Å²) in [6, 6.07) is -0.454. The van der Waals surface area contributed by atoms with Crippen molar-refractivity contribution in [3.63, 3.8) is 0 Å². The Labute approximate surface area is 92.7 Å². The third-order valence-electron chi connectivity index (χ3n) is 2.32. The van der Waals surface area contributed by atoms with E-state index in [-0.39, 0.29) is 5.91 Å². The number of amides is 1. The summed E-state index contributed by atoms with van der Waals surface area (Å²) in [6.07, 6.45) is 4.07. The van der Waals surface area contributed by atoms with Gasteiger partial charge >= 0.3 is 5.97 Å². The van der Waals surface area contributed by atoms with Gasteiger partial charge in [-0.25, -0.2) is 9.97 Å². The fraction of sp³-hybridized carbons (Fsp3) is 0.400. The zero-order chi connectivity index (χ0) is 12.1. The quantitative estimate of drug-likeness (QED) is 0.766. The second kappa shape index (κ2) is 5.20. The lowest BCUT2D eigenvalue weighted by atomic mass is 10.0. The maximum Gasteiger partial charge on any atom is 0.308 e. The number of carboxylic acids is 1. The number of nitrogens with one attached hydrogen (secondary N) is 1. The Morgan fingerprint density at radius 1 is 1.31 bits per heavy atom. The van der Waals surface area contributed by atoms with Crippen molar-refractivity contribution >= 4 is 11.9 Å². The maximum absolute atomic E-state index is 11.6. The normalized spacial score (nSPS) is 13.9. The van der Waals surface area contributed by atoms with Gasteiger partial charge in [0.25, 0.3) is 5.91 Å². The molecular weight excluding hydrogens is 210 g/mol. The Kier molecular flexibility index (Phi) is 3.93. The molecule has 0 saturated carbocycles. The highest BCUT2D eigenvalue weighted by atomic mass is 16.4. The molecule has 0 aliphatic heterocycles.